The van der Waals surface area contributed by atoms with E-state index in [1.54, 1.807) is 0 Å². The first-order valence-electron chi connectivity index (χ1n) is 6.70. The first-order valence-corrected chi connectivity index (χ1v) is 6.70. The predicted octanol–water partition coefficient (Wildman–Crippen LogP) is 4.49. The fourth-order valence-corrected chi connectivity index (χ4v) is 2.97. The van der Waals surface area contributed by atoms with E-state index in [0.29, 0.717) is 5.92 Å². The molecule has 0 N–H and O–H groups in total. The van der Waals surface area contributed by atoms with Crippen molar-refractivity contribution in [1.29, 1.82) is 5.26 Å². The highest BCUT2D eigenvalue weighted by atomic mass is 14.3. The molecule has 1 heteroatoms. The van der Waals surface area contributed by atoms with E-state index < -0.39 is 0 Å². The van der Waals surface area contributed by atoms with Gasteiger partial charge in [-0.2, -0.15) is 5.26 Å². The minimum Gasteiger partial charge on any atom is -0.192 e. The molecule has 0 aromatic heterocycles. The second-order valence-corrected chi connectivity index (χ2v) is 5.60. The van der Waals surface area contributed by atoms with Crippen molar-refractivity contribution < 1.29 is 0 Å². The maximum Gasteiger partial charge on any atom is 0.0991 e. The van der Waals surface area contributed by atoms with E-state index in [0.717, 1.165) is 17.4 Å². The number of rotatable bonds is 2. The molecular weight excluding hydrogens is 206 g/mol. The van der Waals surface area contributed by atoms with Crippen molar-refractivity contribution in [3.63, 3.8) is 0 Å². The van der Waals surface area contributed by atoms with Crippen LogP contribution in [0.25, 0.3) is 0 Å². The SMILES string of the molecule is CC(C)C1CCCC(c2ccc(C#N)cc2)C1. The second kappa shape index (κ2) is 5.36. The fourth-order valence-electron chi connectivity index (χ4n) is 2.97. The summed E-state index contributed by atoms with van der Waals surface area (Å²) in [7, 11) is 0. The molecule has 2 unspecified atom stereocenters. The van der Waals surface area contributed by atoms with Gasteiger partial charge in [0.15, 0.2) is 0 Å². The molecule has 0 spiro atoms. The summed E-state index contributed by atoms with van der Waals surface area (Å²) < 4.78 is 0. The van der Waals surface area contributed by atoms with Gasteiger partial charge in [0.05, 0.1) is 11.6 Å². The molecule has 1 aromatic rings. The van der Waals surface area contributed by atoms with Crippen LogP contribution in [0.2, 0.25) is 0 Å². The first kappa shape index (κ1) is 12.2. The predicted molar refractivity (Wildman–Crippen MR) is 70.7 cm³/mol. The van der Waals surface area contributed by atoms with E-state index in [1.165, 1.54) is 31.2 Å². The minimum absolute atomic E-state index is 0.712. The number of hydrogen-bond donors (Lipinski definition) is 0. The molecule has 90 valence electrons. The summed E-state index contributed by atoms with van der Waals surface area (Å²) in [4.78, 5) is 0. The summed E-state index contributed by atoms with van der Waals surface area (Å²) in [5.74, 6) is 2.39. The Balaban J connectivity index is 2.08. The third kappa shape index (κ3) is 2.88. The molecular formula is C16H21N. The number of nitriles is 1. The smallest absolute Gasteiger partial charge is 0.0991 e. The Labute approximate surface area is 104 Å². The van der Waals surface area contributed by atoms with E-state index in [2.05, 4.69) is 32.0 Å². The van der Waals surface area contributed by atoms with Crippen LogP contribution in [0, 0.1) is 23.2 Å². The molecule has 2 rings (SSSR count). The van der Waals surface area contributed by atoms with Gasteiger partial charge < -0.3 is 0 Å². The van der Waals surface area contributed by atoms with Crippen LogP contribution in [0.15, 0.2) is 24.3 Å². The summed E-state index contributed by atoms with van der Waals surface area (Å²) in [6.07, 6.45) is 5.39. The normalized spacial score (nSPS) is 24.6. The first-order chi connectivity index (χ1) is 8.20. The monoisotopic (exact) mass is 227 g/mol. The molecule has 17 heavy (non-hydrogen) atoms. The van der Waals surface area contributed by atoms with Crippen LogP contribution >= 0.6 is 0 Å². The van der Waals surface area contributed by atoms with Gasteiger partial charge in [0, 0.05) is 0 Å². The molecule has 1 aliphatic rings. The molecule has 0 saturated heterocycles. The average molecular weight is 227 g/mol. The van der Waals surface area contributed by atoms with Gasteiger partial charge >= 0.3 is 0 Å². The van der Waals surface area contributed by atoms with Crippen molar-refractivity contribution in [2.45, 2.75) is 45.4 Å². The Bertz CT molecular complexity index is 397. The van der Waals surface area contributed by atoms with Crippen LogP contribution < -0.4 is 0 Å². The zero-order chi connectivity index (χ0) is 12.3. The Hall–Kier alpha value is -1.29. The zero-order valence-corrected chi connectivity index (χ0v) is 10.8. The second-order valence-electron chi connectivity index (χ2n) is 5.60. The van der Waals surface area contributed by atoms with Crippen molar-refractivity contribution in [2.75, 3.05) is 0 Å². The van der Waals surface area contributed by atoms with Gasteiger partial charge in [0.1, 0.15) is 0 Å². The lowest BCUT2D eigenvalue weighted by Crippen LogP contribution is -2.18. The third-order valence-electron chi connectivity index (χ3n) is 4.17. The van der Waals surface area contributed by atoms with Crippen LogP contribution in [0.1, 0.15) is 56.6 Å². The van der Waals surface area contributed by atoms with Crippen molar-refractivity contribution in [1.82, 2.24) is 0 Å². The maximum atomic E-state index is 8.80. The summed E-state index contributed by atoms with van der Waals surface area (Å²) >= 11 is 0. The largest absolute Gasteiger partial charge is 0.192 e. The van der Waals surface area contributed by atoms with E-state index in [-0.39, 0.29) is 0 Å². The lowest BCUT2D eigenvalue weighted by atomic mass is 9.74. The van der Waals surface area contributed by atoms with Crippen molar-refractivity contribution in [3.05, 3.63) is 35.4 Å². The number of nitrogens with zero attached hydrogens (tertiary/aromatic N) is 1. The summed E-state index contributed by atoms with van der Waals surface area (Å²) in [5.41, 5.74) is 2.19. The standard InChI is InChI=1S/C16H21N/c1-12(2)15-4-3-5-16(10-15)14-8-6-13(11-17)7-9-14/h6-9,12,15-16H,3-5,10H2,1-2H3. The van der Waals surface area contributed by atoms with E-state index in [4.69, 9.17) is 5.26 Å². The summed E-state index contributed by atoms with van der Waals surface area (Å²) in [5, 5.41) is 8.80. The maximum absolute atomic E-state index is 8.80. The molecule has 0 aliphatic heterocycles. The van der Waals surface area contributed by atoms with Crippen LogP contribution in [-0.4, -0.2) is 0 Å². The molecule has 1 nitrogen and oxygen atoms in total. The molecule has 1 fully saturated rings. The van der Waals surface area contributed by atoms with Crippen molar-refractivity contribution >= 4 is 0 Å². The molecule has 1 saturated carbocycles. The van der Waals surface area contributed by atoms with Gasteiger partial charge in [-0.15, -0.1) is 0 Å². The molecule has 1 aliphatic carbocycles. The minimum atomic E-state index is 0.712. The Morgan fingerprint density at radius 1 is 1.18 bits per heavy atom. The highest BCUT2D eigenvalue weighted by Gasteiger charge is 2.24. The summed E-state index contributed by atoms with van der Waals surface area (Å²) in [6, 6.07) is 10.4. The molecule has 0 amide bonds. The van der Waals surface area contributed by atoms with Crippen LogP contribution in [0.5, 0.6) is 0 Å². The molecule has 0 heterocycles. The summed E-state index contributed by atoms with van der Waals surface area (Å²) in [6.45, 7) is 4.68. The van der Waals surface area contributed by atoms with Crippen LogP contribution in [0.3, 0.4) is 0 Å². The molecule has 0 bridgehead atoms. The molecule has 2 atom stereocenters. The van der Waals surface area contributed by atoms with E-state index in [1.807, 2.05) is 12.1 Å². The van der Waals surface area contributed by atoms with Crippen molar-refractivity contribution in [2.24, 2.45) is 11.8 Å². The van der Waals surface area contributed by atoms with Gasteiger partial charge in [-0.1, -0.05) is 38.8 Å². The molecule has 1 aromatic carbocycles. The highest BCUT2D eigenvalue weighted by molar-refractivity contribution is 5.33. The van der Waals surface area contributed by atoms with Gasteiger partial charge in [0.25, 0.3) is 0 Å². The van der Waals surface area contributed by atoms with Crippen molar-refractivity contribution in [3.8, 4) is 6.07 Å². The van der Waals surface area contributed by atoms with Gasteiger partial charge in [-0.3, -0.25) is 0 Å². The zero-order valence-electron chi connectivity index (χ0n) is 10.8. The van der Waals surface area contributed by atoms with Crippen LogP contribution in [-0.2, 0) is 0 Å². The lowest BCUT2D eigenvalue weighted by molar-refractivity contribution is 0.254. The fraction of sp³-hybridized carbons (Fsp3) is 0.562. The average Bonchev–Trinajstić information content (AvgIpc) is 2.39. The number of hydrogen-bond acceptors (Lipinski definition) is 1. The highest BCUT2D eigenvalue weighted by Crippen LogP contribution is 2.39. The Morgan fingerprint density at radius 2 is 1.88 bits per heavy atom. The lowest BCUT2D eigenvalue weighted by Gasteiger charge is -2.31. The molecule has 0 radical (unpaired) electrons. The Kier molecular flexibility index (Phi) is 3.84. The van der Waals surface area contributed by atoms with Crippen LogP contribution in [0.4, 0.5) is 0 Å². The van der Waals surface area contributed by atoms with Gasteiger partial charge in [-0.05, 0) is 48.3 Å². The topological polar surface area (TPSA) is 23.8 Å². The third-order valence-corrected chi connectivity index (χ3v) is 4.17. The quantitative estimate of drug-likeness (QED) is 0.730. The van der Waals surface area contributed by atoms with E-state index in [9.17, 15) is 0 Å². The van der Waals surface area contributed by atoms with Gasteiger partial charge in [0.2, 0.25) is 0 Å². The number of benzene rings is 1. The Morgan fingerprint density at radius 3 is 2.47 bits per heavy atom. The van der Waals surface area contributed by atoms with Gasteiger partial charge in [-0.25, -0.2) is 0 Å². The van der Waals surface area contributed by atoms with E-state index >= 15 is 0 Å².